The maximum atomic E-state index is 6.02. The molecule has 0 atom stereocenters. The predicted molar refractivity (Wildman–Crippen MR) is 115 cm³/mol. The molecule has 4 aromatic rings. The minimum absolute atomic E-state index is 0.434. The molecule has 0 N–H and O–H groups in total. The van der Waals surface area contributed by atoms with Crippen LogP contribution in [0, 0.1) is 13.8 Å². The molecular weight excluding hydrogens is 386 g/mol. The standard InChI is InChI=1S/C23H22ClN3O2/c1-4-9-28-22-20-23(26-19(25-22)13-16-5-7-18(24)8-6-16)29-21(27-20)17-11-14(2)10-15(3)12-17/h5-8,10-12H,4,9,13H2,1-3H3. The van der Waals surface area contributed by atoms with Crippen LogP contribution >= 0.6 is 11.6 Å². The number of ether oxygens (including phenoxy) is 1. The number of aryl methyl sites for hydroxylation is 2. The molecule has 0 bridgehead atoms. The summed E-state index contributed by atoms with van der Waals surface area (Å²) in [6.45, 7) is 6.72. The van der Waals surface area contributed by atoms with Crippen molar-refractivity contribution < 1.29 is 9.15 Å². The molecule has 0 fully saturated rings. The fourth-order valence-electron chi connectivity index (χ4n) is 3.22. The maximum absolute atomic E-state index is 6.02. The molecule has 0 aliphatic heterocycles. The second kappa shape index (κ2) is 8.21. The van der Waals surface area contributed by atoms with E-state index in [1.165, 1.54) is 0 Å². The zero-order valence-corrected chi connectivity index (χ0v) is 17.5. The maximum Gasteiger partial charge on any atom is 0.254 e. The van der Waals surface area contributed by atoms with E-state index >= 15 is 0 Å². The Hall–Kier alpha value is -2.92. The fourth-order valence-corrected chi connectivity index (χ4v) is 3.35. The lowest BCUT2D eigenvalue weighted by atomic mass is 10.1. The molecule has 2 aromatic heterocycles. The lowest BCUT2D eigenvalue weighted by molar-refractivity contribution is 0.307. The molecule has 29 heavy (non-hydrogen) atoms. The van der Waals surface area contributed by atoms with Crippen molar-refractivity contribution in [2.45, 2.75) is 33.6 Å². The van der Waals surface area contributed by atoms with E-state index in [1.54, 1.807) is 0 Å². The van der Waals surface area contributed by atoms with E-state index in [1.807, 2.05) is 36.4 Å². The van der Waals surface area contributed by atoms with Gasteiger partial charge in [-0.15, -0.1) is 0 Å². The van der Waals surface area contributed by atoms with Crippen molar-refractivity contribution in [2.75, 3.05) is 6.61 Å². The van der Waals surface area contributed by atoms with Crippen LogP contribution in [0.3, 0.4) is 0 Å². The zero-order chi connectivity index (χ0) is 20.4. The number of nitrogens with zero attached hydrogens (tertiary/aromatic N) is 3. The van der Waals surface area contributed by atoms with Crippen molar-refractivity contribution in [1.29, 1.82) is 0 Å². The van der Waals surface area contributed by atoms with Crippen molar-refractivity contribution in [3.8, 4) is 17.3 Å². The van der Waals surface area contributed by atoms with Gasteiger partial charge in [0.15, 0.2) is 5.52 Å². The number of rotatable bonds is 6. The molecule has 0 amide bonds. The number of oxazole rings is 1. The van der Waals surface area contributed by atoms with Crippen LogP contribution < -0.4 is 4.74 Å². The molecule has 0 unspecified atom stereocenters. The molecule has 2 aromatic carbocycles. The first kappa shape index (κ1) is 19.4. The first-order valence-electron chi connectivity index (χ1n) is 9.65. The van der Waals surface area contributed by atoms with E-state index in [2.05, 4.69) is 41.8 Å². The third-order valence-electron chi connectivity index (χ3n) is 4.46. The normalized spacial score (nSPS) is 11.2. The van der Waals surface area contributed by atoms with E-state index in [4.69, 9.17) is 20.8 Å². The molecule has 0 aliphatic rings. The van der Waals surface area contributed by atoms with E-state index in [9.17, 15) is 0 Å². The highest BCUT2D eigenvalue weighted by molar-refractivity contribution is 6.30. The molecule has 0 saturated heterocycles. The summed E-state index contributed by atoms with van der Waals surface area (Å²) in [5.74, 6) is 1.60. The highest BCUT2D eigenvalue weighted by Crippen LogP contribution is 2.29. The van der Waals surface area contributed by atoms with E-state index in [0.717, 1.165) is 28.7 Å². The van der Waals surface area contributed by atoms with Gasteiger partial charge in [0.2, 0.25) is 11.8 Å². The fraction of sp³-hybridized carbons (Fsp3) is 0.261. The van der Waals surface area contributed by atoms with Crippen LogP contribution in [-0.2, 0) is 6.42 Å². The van der Waals surface area contributed by atoms with Crippen molar-refractivity contribution in [2.24, 2.45) is 0 Å². The molecule has 0 saturated carbocycles. The Morgan fingerprint density at radius 1 is 0.966 bits per heavy atom. The monoisotopic (exact) mass is 407 g/mol. The van der Waals surface area contributed by atoms with Gasteiger partial charge < -0.3 is 9.15 Å². The van der Waals surface area contributed by atoms with Gasteiger partial charge in [0.1, 0.15) is 5.82 Å². The van der Waals surface area contributed by atoms with Gasteiger partial charge in [0.25, 0.3) is 5.71 Å². The number of hydrogen-bond donors (Lipinski definition) is 0. The van der Waals surface area contributed by atoms with Gasteiger partial charge in [-0.2, -0.15) is 9.97 Å². The number of halogens is 1. The Kier molecular flexibility index (Phi) is 5.49. The van der Waals surface area contributed by atoms with Gasteiger partial charge in [-0.3, -0.25) is 0 Å². The molecular formula is C23H22ClN3O2. The Balaban J connectivity index is 1.77. The second-order valence-corrected chi connectivity index (χ2v) is 7.58. The Morgan fingerprint density at radius 2 is 1.69 bits per heavy atom. The first-order chi connectivity index (χ1) is 14.0. The van der Waals surface area contributed by atoms with E-state index in [-0.39, 0.29) is 0 Å². The molecule has 6 heteroatoms. The minimum Gasteiger partial charge on any atom is -0.476 e. The van der Waals surface area contributed by atoms with Gasteiger partial charge in [-0.05, 0) is 50.1 Å². The molecule has 0 aliphatic carbocycles. The summed E-state index contributed by atoms with van der Waals surface area (Å²) in [5.41, 5.74) is 5.26. The molecule has 0 radical (unpaired) electrons. The molecule has 0 spiro atoms. The van der Waals surface area contributed by atoms with Gasteiger partial charge >= 0.3 is 0 Å². The molecule has 5 nitrogen and oxygen atoms in total. The lowest BCUT2D eigenvalue weighted by Crippen LogP contribution is -2.03. The van der Waals surface area contributed by atoms with Crippen LogP contribution in [0.15, 0.2) is 46.9 Å². The Bertz CT molecular complexity index is 1130. The number of fused-ring (bicyclic) bond motifs is 1. The van der Waals surface area contributed by atoms with Crippen LogP contribution in [-0.4, -0.2) is 21.6 Å². The van der Waals surface area contributed by atoms with E-state index in [0.29, 0.717) is 46.9 Å². The van der Waals surface area contributed by atoms with Gasteiger partial charge in [0.05, 0.1) is 6.61 Å². The molecule has 148 valence electrons. The highest BCUT2D eigenvalue weighted by atomic mass is 35.5. The highest BCUT2D eigenvalue weighted by Gasteiger charge is 2.18. The summed E-state index contributed by atoms with van der Waals surface area (Å²) in [6.07, 6.45) is 1.43. The van der Waals surface area contributed by atoms with Crippen molar-refractivity contribution in [3.63, 3.8) is 0 Å². The van der Waals surface area contributed by atoms with Crippen molar-refractivity contribution >= 4 is 22.8 Å². The molecule has 4 rings (SSSR count). The van der Waals surface area contributed by atoms with Crippen LogP contribution in [0.1, 0.15) is 35.9 Å². The van der Waals surface area contributed by atoms with Crippen LogP contribution in [0.2, 0.25) is 5.02 Å². The first-order valence-corrected chi connectivity index (χ1v) is 10.0. The minimum atomic E-state index is 0.434. The number of hydrogen-bond acceptors (Lipinski definition) is 5. The summed E-state index contributed by atoms with van der Waals surface area (Å²) in [5, 5.41) is 0.699. The summed E-state index contributed by atoms with van der Waals surface area (Å²) >= 11 is 5.98. The number of benzene rings is 2. The topological polar surface area (TPSA) is 61.0 Å². The van der Waals surface area contributed by atoms with Crippen LogP contribution in [0.5, 0.6) is 5.88 Å². The third-order valence-corrected chi connectivity index (χ3v) is 4.71. The van der Waals surface area contributed by atoms with Gasteiger partial charge in [0, 0.05) is 17.0 Å². The summed E-state index contributed by atoms with van der Waals surface area (Å²) in [6, 6.07) is 13.9. The number of aromatic nitrogens is 3. The van der Waals surface area contributed by atoms with Crippen LogP contribution in [0.25, 0.3) is 22.7 Å². The predicted octanol–water partition coefficient (Wildman–Crippen LogP) is 5.93. The quantitative estimate of drug-likeness (QED) is 0.396. The van der Waals surface area contributed by atoms with Crippen molar-refractivity contribution in [1.82, 2.24) is 15.0 Å². The second-order valence-electron chi connectivity index (χ2n) is 7.15. The SMILES string of the molecule is CCCOc1nc(Cc2ccc(Cl)cc2)nc2oc(-c3cc(C)cc(C)c3)nc12. The van der Waals surface area contributed by atoms with Gasteiger partial charge in [-0.25, -0.2) is 4.98 Å². The largest absolute Gasteiger partial charge is 0.476 e. The summed E-state index contributed by atoms with van der Waals surface area (Å²) < 4.78 is 11.9. The molecule has 2 heterocycles. The third kappa shape index (κ3) is 4.40. The Labute approximate surface area is 174 Å². The van der Waals surface area contributed by atoms with Crippen molar-refractivity contribution in [3.05, 3.63) is 70.0 Å². The average Bonchev–Trinajstić information content (AvgIpc) is 3.11. The smallest absolute Gasteiger partial charge is 0.254 e. The summed E-state index contributed by atoms with van der Waals surface area (Å²) in [7, 11) is 0. The lowest BCUT2D eigenvalue weighted by Gasteiger charge is -2.06. The zero-order valence-electron chi connectivity index (χ0n) is 16.7. The average molecular weight is 408 g/mol. The van der Waals surface area contributed by atoms with Gasteiger partial charge in [-0.1, -0.05) is 47.9 Å². The Morgan fingerprint density at radius 3 is 2.38 bits per heavy atom. The van der Waals surface area contributed by atoms with E-state index < -0.39 is 0 Å². The summed E-state index contributed by atoms with van der Waals surface area (Å²) in [4.78, 5) is 13.9. The van der Waals surface area contributed by atoms with Crippen LogP contribution in [0.4, 0.5) is 0 Å².